The number of aromatic nitrogens is 4. The molecule has 2 heterocycles. The molecule has 2 aromatic rings. The van der Waals surface area contributed by atoms with Crippen molar-refractivity contribution in [2.75, 3.05) is 0 Å². The van der Waals surface area contributed by atoms with Gasteiger partial charge in [0, 0.05) is 4.88 Å². The summed E-state index contributed by atoms with van der Waals surface area (Å²) in [6, 6.07) is 3.80. The number of hydrogen-bond acceptors (Lipinski definition) is 5. The first-order chi connectivity index (χ1) is 9.52. The molecule has 1 atom stereocenters. The first-order valence-corrected chi connectivity index (χ1v) is 7.43. The Labute approximate surface area is 121 Å². The van der Waals surface area contributed by atoms with E-state index in [0.717, 1.165) is 11.3 Å². The lowest BCUT2D eigenvalue weighted by Crippen LogP contribution is -2.21. The minimum atomic E-state index is -0.842. The van der Waals surface area contributed by atoms with Crippen molar-refractivity contribution in [1.82, 2.24) is 20.2 Å². The zero-order chi connectivity index (χ0) is 14.7. The second-order valence-corrected chi connectivity index (χ2v) is 6.14. The molecule has 2 aromatic heterocycles. The van der Waals surface area contributed by atoms with Gasteiger partial charge in [0.15, 0.2) is 5.82 Å². The number of thiophene rings is 1. The Morgan fingerprint density at radius 2 is 2.20 bits per heavy atom. The van der Waals surface area contributed by atoms with Crippen LogP contribution >= 0.6 is 11.3 Å². The van der Waals surface area contributed by atoms with Crippen molar-refractivity contribution in [3.63, 3.8) is 0 Å². The van der Waals surface area contributed by atoms with Crippen LogP contribution in [0.25, 0.3) is 10.7 Å². The van der Waals surface area contributed by atoms with E-state index >= 15 is 0 Å². The van der Waals surface area contributed by atoms with Crippen LogP contribution in [-0.2, 0) is 11.2 Å². The lowest BCUT2D eigenvalue weighted by Gasteiger charge is -2.19. The summed E-state index contributed by atoms with van der Waals surface area (Å²) in [4.78, 5) is 13.3. The number of aryl methyl sites for hydroxylation is 1. The summed E-state index contributed by atoms with van der Waals surface area (Å²) >= 11 is 1.64. The third-order valence-electron chi connectivity index (χ3n) is 3.19. The van der Waals surface area contributed by atoms with Crippen molar-refractivity contribution >= 4 is 17.3 Å². The number of hydrogen-bond donors (Lipinski definition) is 1. The zero-order valence-electron chi connectivity index (χ0n) is 11.8. The van der Waals surface area contributed by atoms with E-state index in [-0.39, 0.29) is 18.4 Å². The van der Waals surface area contributed by atoms with Gasteiger partial charge in [0.2, 0.25) is 0 Å². The molecule has 0 saturated heterocycles. The van der Waals surface area contributed by atoms with Gasteiger partial charge in [-0.2, -0.15) is 0 Å². The highest BCUT2D eigenvalue weighted by molar-refractivity contribution is 7.15. The lowest BCUT2D eigenvalue weighted by molar-refractivity contribution is -0.138. The van der Waals surface area contributed by atoms with E-state index in [0.29, 0.717) is 5.82 Å². The van der Waals surface area contributed by atoms with Gasteiger partial charge in [0.25, 0.3) is 0 Å². The van der Waals surface area contributed by atoms with Gasteiger partial charge in [-0.05, 0) is 34.9 Å². The van der Waals surface area contributed by atoms with Crippen molar-refractivity contribution < 1.29 is 9.90 Å². The zero-order valence-corrected chi connectivity index (χ0v) is 12.6. The summed E-state index contributed by atoms with van der Waals surface area (Å²) in [5.41, 5.74) is 0. The summed E-state index contributed by atoms with van der Waals surface area (Å²) in [6.07, 6.45) is 0.983. The highest BCUT2D eigenvalue weighted by atomic mass is 32.1. The fourth-order valence-corrected chi connectivity index (χ4v) is 2.98. The molecule has 0 saturated carbocycles. The largest absolute Gasteiger partial charge is 0.481 e. The smallest absolute Gasteiger partial charge is 0.305 e. The normalized spacial score (nSPS) is 12.8. The van der Waals surface area contributed by atoms with Crippen LogP contribution in [0.15, 0.2) is 12.1 Å². The summed E-state index contributed by atoms with van der Waals surface area (Å²) in [5, 5.41) is 20.8. The Morgan fingerprint density at radius 3 is 2.75 bits per heavy atom. The molecule has 20 heavy (non-hydrogen) atoms. The van der Waals surface area contributed by atoms with E-state index in [9.17, 15) is 4.79 Å². The highest BCUT2D eigenvalue weighted by Crippen LogP contribution is 2.30. The number of tetrazole rings is 1. The average Bonchev–Trinajstić information content (AvgIpc) is 3.03. The van der Waals surface area contributed by atoms with E-state index in [1.54, 1.807) is 16.0 Å². The van der Waals surface area contributed by atoms with Crippen LogP contribution in [0, 0.1) is 5.92 Å². The predicted octanol–water partition coefficient (Wildman–Crippen LogP) is 2.64. The molecular formula is C13H18N4O2S. The van der Waals surface area contributed by atoms with Gasteiger partial charge in [0.05, 0.1) is 17.3 Å². The third-order valence-corrected chi connectivity index (χ3v) is 4.42. The van der Waals surface area contributed by atoms with Gasteiger partial charge in [-0.25, -0.2) is 4.68 Å². The second kappa shape index (κ2) is 6.13. The first kappa shape index (κ1) is 14.6. The van der Waals surface area contributed by atoms with E-state index in [2.05, 4.69) is 28.5 Å². The van der Waals surface area contributed by atoms with Gasteiger partial charge in [-0.3, -0.25) is 4.79 Å². The van der Waals surface area contributed by atoms with Gasteiger partial charge < -0.3 is 5.11 Å². The van der Waals surface area contributed by atoms with E-state index in [4.69, 9.17) is 5.11 Å². The van der Waals surface area contributed by atoms with Crippen molar-refractivity contribution in [3.8, 4) is 10.7 Å². The minimum absolute atomic E-state index is 0.0156. The Bertz CT molecular complexity index is 591. The maximum atomic E-state index is 11.0. The molecule has 0 amide bonds. The molecule has 0 aromatic carbocycles. The quantitative estimate of drug-likeness (QED) is 0.885. The number of carboxylic acid groups (broad SMARTS) is 1. The number of carboxylic acids is 1. The molecule has 1 N–H and O–H groups in total. The second-order valence-electron chi connectivity index (χ2n) is 4.98. The van der Waals surface area contributed by atoms with E-state index in [1.807, 2.05) is 19.9 Å². The van der Waals surface area contributed by atoms with Crippen molar-refractivity contribution in [2.45, 2.75) is 39.7 Å². The van der Waals surface area contributed by atoms with Crippen LogP contribution in [0.2, 0.25) is 0 Å². The van der Waals surface area contributed by atoms with Crippen molar-refractivity contribution in [3.05, 3.63) is 17.0 Å². The summed E-state index contributed by atoms with van der Waals surface area (Å²) in [6.45, 7) is 6.05. The van der Waals surface area contributed by atoms with Gasteiger partial charge >= 0.3 is 5.97 Å². The molecule has 0 radical (unpaired) electrons. The van der Waals surface area contributed by atoms with Crippen LogP contribution < -0.4 is 0 Å². The minimum Gasteiger partial charge on any atom is -0.481 e. The van der Waals surface area contributed by atoms with Crippen LogP contribution in [0.4, 0.5) is 0 Å². The standard InChI is InChI=1S/C13H18N4O2S/c1-4-9-5-6-11(20-9)13-14-15-16-17(13)10(8(2)3)7-12(18)19/h5-6,8,10H,4,7H2,1-3H3,(H,18,19). The summed E-state index contributed by atoms with van der Waals surface area (Å²) in [5.74, 6) is -0.0563. The van der Waals surface area contributed by atoms with Crippen LogP contribution in [0.3, 0.4) is 0 Å². The monoisotopic (exact) mass is 294 g/mol. The number of carbonyl (C=O) groups is 1. The summed E-state index contributed by atoms with van der Waals surface area (Å²) in [7, 11) is 0. The molecule has 0 aliphatic carbocycles. The highest BCUT2D eigenvalue weighted by Gasteiger charge is 2.24. The maximum Gasteiger partial charge on any atom is 0.305 e. The number of aliphatic carboxylic acids is 1. The van der Waals surface area contributed by atoms with E-state index in [1.165, 1.54) is 4.88 Å². The average molecular weight is 294 g/mol. The topological polar surface area (TPSA) is 80.9 Å². The Kier molecular flexibility index (Phi) is 4.49. The molecule has 0 fully saturated rings. The van der Waals surface area contributed by atoms with Gasteiger partial charge in [-0.15, -0.1) is 16.4 Å². The molecule has 0 bridgehead atoms. The Hall–Kier alpha value is -1.76. The fourth-order valence-electron chi connectivity index (χ4n) is 2.05. The molecule has 0 aliphatic rings. The lowest BCUT2D eigenvalue weighted by atomic mass is 10.0. The molecular weight excluding hydrogens is 276 g/mol. The van der Waals surface area contributed by atoms with Gasteiger partial charge in [-0.1, -0.05) is 20.8 Å². The van der Waals surface area contributed by atoms with Crippen molar-refractivity contribution in [1.29, 1.82) is 0 Å². The molecule has 108 valence electrons. The number of nitrogens with zero attached hydrogens (tertiary/aromatic N) is 4. The molecule has 6 nitrogen and oxygen atoms in total. The maximum absolute atomic E-state index is 11.0. The summed E-state index contributed by atoms with van der Waals surface area (Å²) < 4.78 is 1.64. The first-order valence-electron chi connectivity index (χ1n) is 6.61. The predicted molar refractivity (Wildman–Crippen MR) is 76.6 cm³/mol. The van der Waals surface area contributed by atoms with Crippen LogP contribution in [-0.4, -0.2) is 31.3 Å². The SMILES string of the molecule is CCc1ccc(-c2nnnn2C(CC(=O)O)C(C)C)s1. The molecule has 0 spiro atoms. The Morgan fingerprint density at radius 1 is 1.45 bits per heavy atom. The third kappa shape index (κ3) is 3.04. The fraction of sp³-hybridized carbons (Fsp3) is 0.538. The van der Waals surface area contributed by atoms with Crippen molar-refractivity contribution in [2.24, 2.45) is 5.92 Å². The molecule has 7 heteroatoms. The van der Waals surface area contributed by atoms with Crippen LogP contribution in [0.5, 0.6) is 0 Å². The van der Waals surface area contributed by atoms with Gasteiger partial charge in [0.1, 0.15) is 0 Å². The number of rotatable bonds is 6. The van der Waals surface area contributed by atoms with E-state index < -0.39 is 5.97 Å². The molecule has 0 aliphatic heterocycles. The molecule has 2 rings (SSSR count). The van der Waals surface area contributed by atoms with Crippen LogP contribution in [0.1, 0.15) is 38.1 Å². The Balaban J connectivity index is 2.37. The molecule has 1 unspecified atom stereocenters.